The number of halogens is 1. The van der Waals surface area contributed by atoms with Crippen molar-refractivity contribution in [2.24, 2.45) is 0 Å². The van der Waals surface area contributed by atoms with Crippen molar-refractivity contribution in [1.29, 1.82) is 0 Å². The molecule has 6 heteroatoms. The Labute approximate surface area is 115 Å². The van der Waals surface area contributed by atoms with E-state index in [0.717, 1.165) is 6.07 Å². The Bertz CT molecular complexity index is 623. The van der Waals surface area contributed by atoms with Crippen LogP contribution in [0.25, 0.3) is 11.3 Å². The van der Waals surface area contributed by atoms with Gasteiger partial charge in [0.1, 0.15) is 17.3 Å². The number of benzene rings is 1. The molecule has 2 rings (SSSR count). The summed E-state index contributed by atoms with van der Waals surface area (Å²) < 4.78 is 19.4. The predicted octanol–water partition coefficient (Wildman–Crippen LogP) is 3.49. The standard InChI is InChI=1S/C14H15FN2O3/c1-9(2)16-8-11-4-6-14(20-11)12-5-3-10(17(18)19)7-13(12)15/h3-7,9,16H,8H2,1-2H3. The van der Waals surface area contributed by atoms with E-state index in [4.69, 9.17) is 4.42 Å². The van der Waals surface area contributed by atoms with Gasteiger partial charge in [-0.3, -0.25) is 10.1 Å². The highest BCUT2D eigenvalue weighted by Gasteiger charge is 2.14. The number of rotatable bonds is 5. The molecule has 106 valence electrons. The number of nitrogens with one attached hydrogen (secondary N) is 1. The monoisotopic (exact) mass is 278 g/mol. The molecule has 0 amide bonds. The van der Waals surface area contributed by atoms with Gasteiger partial charge in [0.25, 0.3) is 5.69 Å². The predicted molar refractivity (Wildman–Crippen MR) is 72.7 cm³/mol. The van der Waals surface area contributed by atoms with Crippen molar-refractivity contribution >= 4 is 5.69 Å². The van der Waals surface area contributed by atoms with Gasteiger partial charge < -0.3 is 9.73 Å². The van der Waals surface area contributed by atoms with Gasteiger partial charge in [-0.25, -0.2) is 4.39 Å². The number of nitro groups is 1. The van der Waals surface area contributed by atoms with Gasteiger partial charge in [-0.1, -0.05) is 13.8 Å². The van der Waals surface area contributed by atoms with E-state index in [0.29, 0.717) is 24.1 Å². The van der Waals surface area contributed by atoms with Crippen molar-refractivity contribution in [2.75, 3.05) is 0 Å². The maximum absolute atomic E-state index is 13.8. The van der Waals surface area contributed by atoms with Crippen LogP contribution in [0.15, 0.2) is 34.7 Å². The Morgan fingerprint density at radius 1 is 1.35 bits per heavy atom. The summed E-state index contributed by atoms with van der Waals surface area (Å²) in [6.07, 6.45) is 0. The molecule has 0 aliphatic carbocycles. The van der Waals surface area contributed by atoms with Crippen molar-refractivity contribution < 1.29 is 13.7 Å². The van der Waals surface area contributed by atoms with Crippen molar-refractivity contribution in [3.8, 4) is 11.3 Å². The van der Waals surface area contributed by atoms with Crippen LogP contribution in [-0.2, 0) is 6.54 Å². The van der Waals surface area contributed by atoms with Crippen molar-refractivity contribution in [3.05, 3.63) is 52.0 Å². The van der Waals surface area contributed by atoms with Crippen molar-refractivity contribution in [2.45, 2.75) is 26.4 Å². The average molecular weight is 278 g/mol. The lowest BCUT2D eigenvalue weighted by atomic mass is 10.1. The number of non-ortho nitro benzene ring substituents is 1. The summed E-state index contributed by atoms with van der Waals surface area (Å²) in [5, 5.41) is 13.7. The van der Waals surface area contributed by atoms with Gasteiger partial charge >= 0.3 is 0 Å². The number of nitro benzene ring substituents is 1. The van der Waals surface area contributed by atoms with Crippen molar-refractivity contribution in [1.82, 2.24) is 5.32 Å². The lowest BCUT2D eigenvalue weighted by molar-refractivity contribution is -0.385. The van der Waals surface area contributed by atoms with Gasteiger partial charge in [-0.05, 0) is 18.2 Å². The first-order chi connectivity index (χ1) is 9.47. The van der Waals surface area contributed by atoms with Crippen LogP contribution >= 0.6 is 0 Å². The third kappa shape index (κ3) is 3.21. The van der Waals surface area contributed by atoms with Gasteiger partial charge in [0.15, 0.2) is 0 Å². The van der Waals surface area contributed by atoms with Crippen LogP contribution < -0.4 is 5.32 Å². The zero-order valence-electron chi connectivity index (χ0n) is 11.2. The van der Waals surface area contributed by atoms with E-state index in [1.807, 2.05) is 13.8 Å². The highest BCUT2D eigenvalue weighted by atomic mass is 19.1. The minimum atomic E-state index is -0.670. The molecule has 0 unspecified atom stereocenters. The van der Waals surface area contributed by atoms with Crippen LogP contribution in [-0.4, -0.2) is 11.0 Å². The topological polar surface area (TPSA) is 68.3 Å². The average Bonchev–Trinajstić information content (AvgIpc) is 2.84. The van der Waals surface area contributed by atoms with E-state index in [1.54, 1.807) is 12.1 Å². The van der Waals surface area contributed by atoms with E-state index in [2.05, 4.69) is 5.32 Å². The van der Waals surface area contributed by atoms with Gasteiger partial charge in [-0.15, -0.1) is 0 Å². The van der Waals surface area contributed by atoms with E-state index < -0.39 is 10.7 Å². The van der Waals surface area contributed by atoms with Crippen LogP contribution in [0.4, 0.5) is 10.1 Å². The van der Waals surface area contributed by atoms with E-state index in [9.17, 15) is 14.5 Å². The van der Waals surface area contributed by atoms with Crippen LogP contribution in [0.3, 0.4) is 0 Å². The van der Waals surface area contributed by atoms with Crippen LogP contribution in [0, 0.1) is 15.9 Å². The molecule has 5 nitrogen and oxygen atoms in total. The number of hydrogen-bond acceptors (Lipinski definition) is 4. The fourth-order valence-electron chi connectivity index (χ4n) is 1.74. The van der Waals surface area contributed by atoms with Crippen LogP contribution in [0.5, 0.6) is 0 Å². The highest BCUT2D eigenvalue weighted by molar-refractivity contribution is 5.60. The summed E-state index contributed by atoms with van der Waals surface area (Å²) in [5.41, 5.74) is -0.0640. The molecule has 20 heavy (non-hydrogen) atoms. The molecule has 1 heterocycles. The van der Waals surface area contributed by atoms with E-state index in [1.165, 1.54) is 12.1 Å². The molecule has 1 N–H and O–H groups in total. The Balaban J connectivity index is 2.21. The molecule has 0 aliphatic heterocycles. The zero-order chi connectivity index (χ0) is 14.7. The lowest BCUT2D eigenvalue weighted by Gasteiger charge is -2.05. The van der Waals surface area contributed by atoms with Gasteiger partial charge in [0.2, 0.25) is 0 Å². The largest absolute Gasteiger partial charge is 0.460 e. The Morgan fingerprint density at radius 3 is 2.70 bits per heavy atom. The summed E-state index contributed by atoms with van der Waals surface area (Å²) in [6, 6.07) is 7.23. The molecule has 0 spiro atoms. The van der Waals surface area contributed by atoms with Crippen LogP contribution in [0.1, 0.15) is 19.6 Å². The van der Waals surface area contributed by atoms with Gasteiger partial charge in [-0.2, -0.15) is 0 Å². The summed E-state index contributed by atoms with van der Waals surface area (Å²) in [5.74, 6) is 0.376. The second-order valence-corrected chi connectivity index (χ2v) is 4.72. The third-order valence-electron chi connectivity index (χ3n) is 2.78. The molecule has 0 saturated heterocycles. The Hall–Kier alpha value is -2.21. The summed E-state index contributed by atoms with van der Waals surface area (Å²) >= 11 is 0. The smallest absolute Gasteiger partial charge is 0.272 e. The Morgan fingerprint density at radius 2 is 2.10 bits per heavy atom. The molecule has 0 fully saturated rings. The quantitative estimate of drug-likeness (QED) is 0.671. The van der Waals surface area contributed by atoms with E-state index in [-0.39, 0.29) is 11.3 Å². The van der Waals surface area contributed by atoms with Gasteiger partial charge in [0.05, 0.1) is 23.1 Å². The van der Waals surface area contributed by atoms with Gasteiger partial charge in [0, 0.05) is 12.1 Å². The fourth-order valence-corrected chi connectivity index (χ4v) is 1.74. The van der Waals surface area contributed by atoms with Crippen molar-refractivity contribution in [3.63, 3.8) is 0 Å². The number of nitrogens with zero attached hydrogens (tertiary/aromatic N) is 1. The molecule has 0 radical (unpaired) electrons. The normalized spacial score (nSPS) is 11.0. The second kappa shape index (κ2) is 5.83. The zero-order valence-corrected chi connectivity index (χ0v) is 11.2. The molecule has 2 aromatic rings. The first-order valence-electron chi connectivity index (χ1n) is 6.24. The van der Waals surface area contributed by atoms with E-state index >= 15 is 0 Å². The minimum absolute atomic E-state index is 0.214. The summed E-state index contributed by atoms with van der Waals surface area (Å²) in [7, 11) is 0. The molecular formula is C14H15FN2O3. The summed E-state index contributed by atoms with van der Waals surface area (Å²) in [6.45, 7) is 4.58. The maximum Gasteiger partial charge on any atom is 0.272 e. The summed E-state index contributed by atoms with van der Waals surface area (Å²) in [4.78, 5) is 9.93. The fraction of sp³-hybridized carbons (Fsp3) is 0.286. The first kappa shape index (κ1) is 14.2. The molecule has 0 bridgehead atoms. The SMILES string of the molecule is CC(C)NCc1ccc(-c2ccc([N+](=O)[O-])cc2F)o1. The minimum Gasteiger partial charge on any atom is -0.460 e. The number of furan rings is 1. The molecule has 0 atom stereocenters. The molecule has 0 aliphatic rings. The molecule has 1 aromatic carbocycles. The first-order valence-corrected chi connectivity index (χ1v) is 6.24. The lowest BCUT2D eigenvalue weighted by Crippen LogP contribution is -2.21. The molecular weight excluding hydrogens is 263 g/mol. The Kier molecular flexibility index (Phi) is 4.14. The molecule has 1 aromatic heterocycles. The second-order valence-electron chi connectivity index (χ2n) is 4.72. The third-order valence-corrected chi connectivity index (χ3v) is 2.78. The molecule has 0 saturated carbocycles. The maximum atomic E-state index is 13.8. The van der Waals surface area contributed by atoms with Crippen LogP contribution in [0.2, 0.25) is 0 Å². The number of hydrogen-bond donors (Lipinski definition) is 1. The highest BCUT2D eigenvalue weighted by Crippen LogP contribution is 2.27.